The molecule has 0 amide bonds. The summed E-state index contributed by atoms with van der Waals surface area (Å²) in [7, 11) is 0. The molecule has 13 heavy (non-hydrogen) atoms. The van der Waals surface area contributed by atoms with Crippen LogP contribution in [0.3, 0.4) is 0 Å². The number of nitrogens with one attached hydrogen (secondary N) is 2. The van der Waals surface area contributed by atoms with Crippen LogP contribution in [0.15, 0.2) is 12.4 Å². The molecule has 1 saturated heterocycles. The lowest BCUT2D eigenvalue weighted by atomic mass is 10.0. The first-order valence-electron chi connectivity index (χ1n) is 4.70. The molecule has 1 aliphatic heterocycles. The Bertz CT molecular complexity index is 241. The molecule has 0 saturated carbocycles. The highest BCUT2D eigenvalue weighted by Gasteiger charge is 2.22. The van der Waals surface area contributed by atoms with E-state index in [1.807, 2.05) is 6.20 Å². The van der Waals surface area contributed by atoms with E-state index in [1.54, 1.807) is 6.20 Å². The number of ether oxygens (including phenoxy) is 1. The van der Waals surface area contributed by atoms with Gasteiger partial charge < -0.3 is 15.0 Å². The Morgan fingerprint density at radius 2 is 2.69 bits per heavy atom. The molecule has 1 aliphatic rings. The standard InChI is InChI=1S/C9H15N3O/c1-7(8-2-5-13-6-8)12-9-10-3-4-11-9/h3-4,7-8H,2,5-6H2,1H3,(H2,10,11,12). The zero-order valence-electron chi connectivity index (χ0n) is 7.79. The van der Waals surface area contributed by atoms with Crippen LogP contribution >= 0.6 is 0 Å². The van der Waals surface area contributed by atoms with Crippen LogP contribution in [-0.4, -0.2) is 29.2 Å². The lowest BCUT2D eigenvalue weighted by Gasteiger charge is -2.18. The van der Waals surface area contributed by atoms with E-state index in [2.05, 4.69) is 22.2 Å². The van der Waals surface area contributed by atoms with Crippen LogP contribution in [0.5, 0.6) is 0 Å². The van der Waals surface area contributed by atoms with Gasteiger partial charge in [0.05, 0.1) is 6.61 Å². The molecule has 0 radical (unpaired) electrons. The van der Waals surface area contributed by atoms with Gasteiger partial charge in [-0.15, -0.1) is 0 Å². The topological polar surface area (TPSA) is 49.9 Å². The fraction of sp³-hybridized carbons (Fsp3) is 0.667. The first kappa shape index (κ1) is 8.56. The summed E-state index contributed by atoms with van der Waals surface area (Å²) in [5.74, 6) is 1.46. The number of hydrogen-bond donors (Lipinski definition) is 2. The molecule has 2 atom stereocenters. The molecular weight excluding hydrogens is 166 g/mol. The van der Waals surface area contributed by atoms with Crippen molar-refractivity contribution in [3.63, 3.8) is 0 Å². The molecule has 72 valence electrons. The van der Waals surface area contributed by atoms with Crippen molar-refractivity contribution in [2.24, 2.45) is 5.92 Å². The van der Waals surface area contributed by atoms with Crippen LogP contribution in [0.1, 0.15) is 13.3 Å². The van der Waals surface area contributed by atoms with Crippen molar-refractivity contribution in [2.75, 3.05) is 18.5 Å². The average Bonchev–Trinajstić information content (AvgIpc) is 2.74. The summed E-state index contributed by atoms with van der Waals surface area (Å²) >= 11 is 0. The van der Waals surface area contributed by atoms with Gasteiger partial charge >= 0.3 is 0 Å². The Morgan fingerprint density at radius 1 is 1.77 bits per heavy atom. The first-order chi connectivity index (χ1) is 6.36. The molecule has 2 rings (SSSR count). The van der Waals surface area contributed by atoms with Crippen LogP contribution < -0.4 is 5.32 Å². The summed E-state index contributed by atoms with van der Waals surface area (Å²) in [5.41, 5.74) is 0. The highest BCUT2D eigenvalue weighted by Crippen LogP contribution is 2.18. The molecule has 2 unspecified atom stereocenters. The molecule has 0 bridgehead atoms. The number of rotatable bonds is 3. The summed E-state index contributed by atoms with van der Waals surface area (Å²) in [6.45, 7) is 3.94. The summed E-state index contributed by atoms with van der Waals surface area (Å²) in [5, 5.41) is 3.32. The highest BCUT2D eigenvalue weighted by molar-refractivity contribution is 5.24. The predicted octanol–water partition coefficient (Wildman–Crippen LogP) is 1.25. The van der Waals surface area contributed by atoms with Crippen LogP contribution in [0.4, 0.5) is 5.95 Å². The summed E-state index contributed by atoms with van der Waals surface area (Å²) < 4.78 is 5.33. The third-order valence-corrected chi connectivity index (χ3v) is 2.53. The van der Waals surface area contributed by atoms with E-state index in [-0.39, 0.29) is 0 Å². The third-order valence-electron chi connectivity index (χ3n) is 2.53. The van der Waals surface area contributed by atoms with Crippen molar-refractivity contribution in [1.29, 1.82) is 0 Å². The third kappa shape index (κ3) is 2.01. The number of imidazole rings is 1. The number of aromatic nitrogens is 2. The molecule has 0 aliphatic carbocycles. The van der Waals surface area contributed by atoms with Gasteiger partial charge in [-0.05, 0) is 13.3 Å². The number of H-pyrrole nitrogens is 1. The maximum Gasteiger partial charge on any atom is 0.200 e. The van der Waals surface area contributed by atoms with Gasteiger partial charge in [-0.1, -0.05) is 0 Å². The van der Waals surface area contributed by atoms with Gasteiger partial charge in [-0.25, -0.2) is 4.98 Å². The van der Waals surface area contributed by atoms with E-state index in [0.717, 1.165) is 25.6 Å². The maximum atomic E-state index is 5.33. The van der Waals surface area contributed by atoms with Crippen molar-refractivity contribution in [3.8, 4) is 0 Å². The minimum atomic E-state index is 0.425. The second-order valence-corrected chi connectivity index (χ2v) is 3.49. The Morgan fingerprint density at radius 3 is 3.31 bits per heavy atom. The average molecular weight is 181 g/mol. The zero-order chi connectivity index (χ0) is 9.10. The SMILES string of the molecule is CC(Nc1ncc[nH]1)C1CCOC1. The second-order valence-electron chi connectivity index (χ2n) is 3.49. The van der Waals surface area contributed by atoms with E-state index in [4.69, 9.17) is 4.74 Å². The molecule has 0 aromatic carbocycles. The molecule has 0 spiro atoms. The smallest absolute Gasteiger partial charge is 0.200 e. The molecule has 2 N–H and O–H groups in total. The van der Waals surface area contributed by atoms with Gasteiger partial charge in [0.1, 0.15) is 0 Å². The molecule has 1 aromatic rings. The van der Waals surface area contributed by atoms with Crippen LogP contribution in [0.2, 0.25) is 0 Å². The van der Waals surface area contributed by atoms with E-state index in [1.165, 1.54) is 0 Å². The molecular formula is C9H15N3O. The summed E-state index contributed by atoms with van der Waals surface area (Å²) in [4.78, 5) is 7.15. The number of anilines is 1. The van der Waals surface area contributed by atoms with Crippen LogP contribution in [0, 0.1) is 5.92 Å². The van der Waals surface area contributed by atoms with Crippen molar-refractivity contribution < 1.29 is 4.74 Å². The van der Waals surface area contributed by atoms with Crippen LogP contribution in [-0.2, 0) is 4.74 Å². The lowest BCUT2D eigenvalue weighted by Crippen LogP contribution is -2.26. The zero-order valence-corrected chi connectivity index (χ0v) is 7.79. The normalized spacial score (nSPS) is 24.5. The number of aromatic amines is 1. The van der Waals surface area contributed by atoms with E-state index < -0.39 is 0 Å². The van der Waals surface area contributed by atoms with Crippen molar-refractivity contribution in [2.45, 2.75) is 19.4 Å². The van der Waals surface area contributed by atoms with E-state index >= 15 is 0 Å². The Labute approximate surface area is 77.7 Å². The molecule has 1 aromatic heterocycles. The summed E-state index contributed by atoms with van der Waals surface area (Å²) in [6.07, 6.45) is 4.72. The largest absolute Gasteiger partial charge is 0.381 e. The fourth-order valence-electron chi connectivity index (χ4n) is 1.62. The van der Waals surface area contributed by atoms with Crippen LogP contribution in [0.25, 0.3) is 0 Å². The number of nitrogens with zero attached hydrogens (tertiary/aromatic N) is 1. The Hall–Kier alpha value is -1.03. The minimum Gasteiger partial charge on any atom is -0.381 e. The lowest BCUT2D eigenvalue weighted by molar-refractivity contribution is 0.183. The van der Waals surface area contributed by atoms with Gasteiger partial charge in [-0.2, -0.15) is 0 Å². The number of hydrogen-bond acceptors (Lipinski definition) is 3. The monoisotopic (exact) mass is 181 g/mol. The van der Waals surface area contributed by atoms with Gasteiger partial charge in [0.15, 0.2) is 5.95 Å². The Kier molecular flexibility index (Phi) is 2.49. The Balaban J connectivity index is 1.87. The first-order valence-corrected chi connectivity index (χ1v) is 4.70. The van der Waals surface area contributed by atoms with Gasteiger partial charge in [0.2, 0.25) is 0 Å². The molecule has 1 fully saturated rings. The predicted molar refractivity (Wildman–Crippen MR) is 50.6 cm³/mol. The van der Waals surface area contributed by atoms with E-state index in [0.29, 0.717) is 12.0 Å². The van der Waals surface area contributed by atoms with Gasteiger partial charge in [0, 0.05) is 31.0 Å². The van der Waals surface area contributed by atoms with Gasteiger partial charge in [-0.3, -0.25) is 0 Å². The van der Waals surface area contributed by atoms with E-state index in [9.17, 15) is 0 Å². The molecule has 4 heteroatoms. The molecule has 2 heterocycles. The van der Waals surface area contributed by atoms with Crippen molar-refractivity contribution in [3.05, 3.63) is 12.4 Å². The molecule has 4 nitrogen and oxygen atoms in total. The quantitative estimate of drug-likeness (QED) is 0.737. The maximum absolute atomic E-state index is 5.33. The highest BCUT2D eigenvalue weighted by atomic mass is 16.5. The van der Waals surface area contributed by atoms with Crippen molar-refractivity contribution >= 4 is 5.95 Å². The minimum absolute atomic E-state index is 0.425. The van der Waals surface area contributed by atoms with Crippen molar-refractivity contribution in [1.82, 2.24) is 9.97 Å². The summed E-state index contributed by atoms with van der Waals surface area (Å²) in [6, 6.07) is 0.425. The second kappa shape index (κ2) is 3.79. The fourth-order valence-corrected chi connectivity index (χ4v) is 1.62. The van der Waals surface area contributed by atoms with Gasteiger partial charge in [0.25, 0.3) is 0 Å².